The van der Waals surface area contributed by atoms with E-state index in [1.54, 1.807) is 0 Å². The molecule has 0 aliphatic carbocycles. The lowest BCUT2D eigenvalue weighted by molar-refractivity contribution is 0.110. The molecule has 1 aromatic heterocycles. The fourth-order valence-corrected chi connectivity index (χ4v) is 3.84. The van der Waals surface area contributed by atoms with Crippen LogP contribution in [0.2, 0.25) is 0 Å². The predicted molar refractivity (Wildman–Crippen MR) is 106 cm³/mol. The summed E-state index contributed by atoms with van der Waals surface area (Å²) in [6, 6.07) is 30.7. The van der Waals surface area contributed by atoms with E-state index in [9.17, 15) is 4.79 Å². The van der Waals surface area contributed by atoms with E-state index in [0.29, 0.717) is 5.82 Å². The fourth-order valence-electron chi connectivity index (χ4n) is 3.84. The number of aromatic nitrogens is 2. The van der Waals surface area contributed by atoms with Crippen molar-refractivity contribution in [3.63, 3.8) is 0 Å². The van der Waals surface area contributed by atoms with Gasteiger partial charge in [0, 0.05) is 5.69 Å². The van der Waals surface area contributed by atoms with Crippen molar-refractivity contribution in [3.8, 4) is 0 Å². The van der Waals surface area contributed by atoms with Crippen LogP contribution in [0.3, 0.4) is 0 Å². The molecule has 0 saturated carbocycles. The van der Waals surface area contributed by atoms with Crippen molar-refractivity contribution in [3.05, 3.63) is 125 Å². The number of carbonyl (C=O) groups is 1. The van der Waals surface area contributed by atoms with Crippen molar-refractivity contribution in [2.75, 3.05) is 0 Å². The van der Waals surface area contributed by atoms with E-state index in [4.69, 9.17) is 0 Å². The third kappa shape index (κ3) is 2.68. The molecule has 4 rings (SSSR count). The van der Waals surface area contributed by atoms with Crippen LogP contribution in [0.25, 0.3) is 0 Å². The third-order valence-corrected chi connectivity index (χ3v) is 4.91. The molecular formula is C24H19N2O. The van der Waals surface area contributed by atoms with Gasteiger partial charge >= 0.3 is 0 Å². The summed E-state index contributed by atoms with van der Waals surface area (Å²) in [6.45, 7) is 1.93. The van der Waals surface area contributed by atoms with Crippen molar-refractivity contribution in [1.82, 2.24) is 9.55 Å². The predicted octanol–water partition coefficient (Wildman–Crippen LogP) is 4.64. The second-order valence-corrected chi connectivity index (χ2v) is 6.43. The lowest BCUT2D eigenvalue weighted by Gasteiger charge is -2.39. The number of benzene rings is 3. The average Bonchev–Trinajstić information content (AvgIpc) is 3.12. The molecular weight excluding hydrogens is 332 g/mol. The van der Waals surface area contributed by atoms with E-state index in [2.05, 4.69) is 47.6 Å². The molecule has 0 fully saturated rings. The molecule has 3 heteroatoms. The van der Waals surface area contributed by atoms with Crippen LogP contribution < -0.4 is 0 Å². The van der Waals surface area contributed by atoms with Gasteiger partial charge in [-0.25, -0.2) is 4.98 Å². The van der Waals surface area contributed by atoms with Gasteiger partial charge in [0.05, 0.1) is 0 Å². The Morgan fingerprint density at radius 2 is 1.19 bits per heavy atom. The number of aryl methyl sites for hydroxylation is 1. The topological polar surface area (TPSA) is 34.9 Å². The summed E-state index contributed by atoms with van der Waals surface area (Å²) in [5.41, 5.74) is 3.24. The van der Waals surface area contributed by atoms with Crippen LogP contribution in [-0.4, -0.2) is 15.8 Å². The molecule has 131 valence electrons. The van der Waals surface area contributed by atoms with Crippen LogP contribution >= 0.6 is 0 Å². The number of imidazole rings is 1. The van der Waals surface area contributed by atoms with Gasteiger partial charge in [0.2, 0.25) is 0 Å². The number of aldehydes is 1. The number of hydrogen-bond donors (Lipinski definition) is 0. The maximum absolute atomic E-state index is 11.9. The molecule has 1 heterocycles. The summed E-state index contributed by atoms with van der Waals surface area (Å²) < 4.78 is 1.99. The van der Waals surface area contributed by atoms with Crippen LogP contribution in [0.4, 0.5) is 0 Å². The van der Waals surface area contributed by atoms with Crippen LogP contribution in [0, 0.1) is 13.1 Å². The fraction of sp³-hybridized carbons (Fsp3) is 0.0833. The summed E-state index contributed by atoms with van der Waals surface area (Å²) in [7, 11) is 0. The smallest absolute Gasteiger partial charge is 0.185 e. The second-order valence-electron chi connectivity index (χ2n) is 6.43. The first-order valence-corrected chi connectivity index (χ1v) is 8.87. The first-order chi connectivity index (χ1) is 13.3. The van der Waals surface area contributed by atoms with Crippen molar-refractivity contribution in [2.24, 2.45) is 0 Å². The zero-order valence-electron chi connectivity index (χ0n) is 15.0. The van der Waals surface area contributed by atoms with Gasteiger partial charge in [-0.1, -0.05) is 91.0 Å². The van der Waals surface area contributed by atoms with Gasteiger partial charge in [0.25, 0.3) is 0 Å². The number of rotatable bonds is 5. The highest BCUT2D eigenvalue weighted by molar-refractivity contribution is 5.71. The summed E-state index contributed by atoms with van der Waals surface area (Å²) >= 11 is 0. The number of carbonyl (C=O) groups excluding carboxylic acids is 1. The highest BCUT2D eigenvalue weighted by Crippen LogP contribution is 2.42. The maximum atomic E-state index is 11.9. The average molecular weight is 351 g/mol. The largest absolute Gasteiger partial charge is 0.307 e. The van der Waals surface area contributed by atoms with E-state index >= 15 is 0 Å². The molecule has 3 nitrogen and oxygen atoms in total. The molecule has 0 bridgehead atoms. The van der Waals surface area contributed by atoms with Crippen molar-refractivity contribution < 1.29 is 4.79 Å². The Morgan fingerprint density at radius 1 is 0.778 bits per heavy atom. The molecule has 0 saturated heterocycles. The van der Waals surface area contributed by atoms with E-state index in [0.717, 1.165) is 28.7 Å². The van der Waals surface area contributed by atoms with Gasteiger partial charge in [0.1, 0.15) is 11.7 Å². The highest BCUT2D eigenvalue weighted by atomic mass is 16.1. The molecule has 27 heavy (non-hydrogen) atoms. The molecule has 1 radical (unpaired) electrons. The molecule has 0 N–H and O–H groups in total. The Balaban J connectivity index is 2.20. The molecule has 0 atom stereocenters. The molecule has 4 aromatic rings. The molecule has 0 amide bonds. The van der Waals surface area contributed by atoms with Crippen LogP contribution in [0.15, 0.2) is 91.0 Å². The van der Waals surface area contributed by atoms with Crippen molar-refractivity contribution in [1.29, 1.82) is 0 Å². The minimum atomic E-state index is -0.725. The number of nitrogens with zero attached hydrogens (tertiary/aromatic N) is 2. The Labute approximate surface area is 158 Å². The minimum absolute atomic E-state index is 0.351. The lowest BCUT2D eigenvalue weighted by atomic mass is 9.76. The van der Waals surface area contributed by atoms with Gasteiger partial charge in [0.15, 0.2) is 12.1 Å². The van der Waals surface area contributed by atoms with Gasteiger partial charge in [-0.2, -0.15) is 0 Å². The Bertz CT molecular complexity index is 941. The van der Waals surface area contributed by atoms with Gasteiger partial charge in [-0.05, 0) is 23.6 Å². The van der Waals surface area contributed by atoms with Gasteiger partial charge < -0.3 is 4.57 Å². The lowest BCUT2D eigenvalue weighted by Crippen LogP contribution is -2.39. The zero-order chi connectivity index (χ0) is 18.7. The van der Waals surface area contributed by atoms with Crippen LogP contribution in [0.1, 0.15) is 33.0 Å². The maximum Gasteiger partial charge on any atom is 0.185 e. The molecule has 3 aromatic carbocycles. The summed E-state index contributed by atoms with van der Waals surface area (Å²) in [4.78, 5) is 16.1. The Kier molecular flexibility index (Phi) is 4.43. The summed E-state index contributed by atoms with van der Waals surface area (Å²) in [6.07, 6.45) is 3.78. The molecule has 0 aliphatic heterocycles. The molecule has 0 spiro atoms. The number of hydrogen-bond acceptors (Lipinski definition) is 2. The molecule has 0 aliphatic rings. The minimum Gasteiger partial charge on any atom is -0.307 e. The molecule has 0 unspecified atom stereocenters. The van der Waals surface area contributed by atoms with Gasteiger partial charge in [-0.3, -0.25) is 4.79 Å². The van der Waals surface area contributed by atoms with E-state index in [1.807, 2.05) is 66.1 Å². The SMILES string of the molecule is Cc1[c]nc(C=O)n1C(c1ccccc1)(c1ccccc1)c1ccccc1. The van der Waals surface area contributed by atoms with Crippen molar-refractivity contribution in [2.45, 2.75) is 12.5 Å². The summed E-state index contributed by atoms with van der Waals surface area (Å²) in [5, 5.41) is 0. The first-order valence-electron chi connectivity index (χ1n) is 8.87. The van der Waals surface area contributed by atoms with Gasteiger partial charge in [-0.15, -0.1) is 0 Å². The van der Waals surface area contributed by atoms with Crippen LogP contribution in [-0.2, 0) is 5.54 Å². The quantitative estimate of drug-likeness (QED) is 0.388. The Morgan fingerprint density at radius 3 is 1.56 bits per heavy atom. The highest BCUT2D eigenvalue weighted by Gasteiger charge is 2.40. The monoisotopic (exact) mass is 351 g/mol. The standard InChI is InChI=1S/C24H19N2O/c1-19-17-25-23(18-27)26(19)24(20-11-5-2-6-12-20,21-13-7-3-8-14-21)22-15-9-4-10-16-22/h2-16,18H,1H3. The van der Waals surface area contributed by atoms with E-state index in [-0.39, 0.29) is 0 Å². The zero-order valence-corrected chi connectivity index (χ0v) is 15.0. The van der Waals surface area contributed by atoms with Crippen molar-refractivity contribution >= 4 is 6.29 Å². The second kappa shape index (κ2) is 7.04. The normalized spacial score (nSPS) is 11.3. The Hall–Kier alpha value is -3.46. The van der Waals surface area contributed by atoms with E-state index < -0.39 is 5.54 Å². The van der Waals surface area contributed by atoms with E-state index in [1.165, 1.54) is 0 Å². The first kappa shape index (κ1) is 17.0. The third-order valence-electron chi connectivity index (χ3n) is 4.91. The summed E-state index contributed by atoms with van der Waals surface area (Å²) in [5.74, 6) is 0.351. The van der Waals surface area contributed by atoms with Crippen LogP contribution in [0.5, 0.6) is 0 Å².